The molecule has 0 atom stereocenters. The van der Waals surface area contributed by atoms with Crippen LogP contribution in [0.1, 0.15) is 24.1 Å². The highest BCUT2D eigenvalue weighted by Gasteiger charge is 2.22. The van der Waals surface area contributed by atoms with Crippen LogP contribution in [0.5, 0.6) is 0 Å². The van der Waals surface area contributed by atoms with Crippen molar-refractivity contribution >= 4 is 16.5 Å². The summed E-state index contributed by atoms with van der Waals surface area (Å²) >= 11 is 1.66. The minimum atomic E-state index is 0.732. The maximum Gasteiger partial charge on any atom is 0.183 e. The first-order valence-corrected chi connectivity index (χ1v) is 8.71. The lowest BCUT2D eigenvalue weighted by Crippen LogP contribution is -1.99. The van der Waals surface area contributed by atoms with Gasteiger partial charge in [0.1, 0.15) is 5.69 Å². The van der Waals surface area contributed by atoms with Gasteiger partial charge < -0.3 is 5.32 Å². The van der Waals surface area contributed by atoms with Crippen molar-refractivity contribution in [2.75, 3.05) is 5.32 Å². The highest BCUT2D eigenvalue weighted by atomic mass is 32.1. The van der Waals surface area contributed by atoms with Crippen molar-refractivity contribution in [3.8, 4) is 10.6 Å². The van der Waals surface area contributed by atoms with Crippen LogP contribution < -0.4 is 5.32 Å². The van der Waals surface area contributed by atoms with E-state index in [4.69, 9.17) is 5.10 Å². The van der Waals surface area contributed by atoms with Crippen molar-refractivity contribution in [1.82, 2.24) is 24.5 Å². The largest absolute Gasteiger partial charge is 0.357 e. The standard InChI is InChI=1S/C16H20N6S/c1-11-15(14-5-6-22(20-14)10-12-3-4-12)23-16(19-11)17-7-13-8-18-21(2)9-13/h5-6,8-9,12H,3-4,7,10H2,1-2H3,(H,17,19). The summed E-state index contributed by atoms with van der Waals surface area (Å²) in [7, 11) is 1.92. The first-order valence-electron chi connectivity index (χ1n) is 7.90. The highest BCUT2D eigenvalue weighted by molar-refractivity contribution is 7.19. The van der Waals surface area contributed by atoms with E-state index < -0.39 is 0 Å². The Hall–Kier alpha value is -2.15. The number of rotatable bonds is 6. The molecule has 120 valence electrons. The van der Waals surface area contributed by atoms with Gasteiger partial charge in [0.15, 0.2) is 5.13 Å². The van der Waals surface area contributed by atoms with Gasteiger partial charge in [-0.25, -0.2) is 4.98 Å². The molecule has 7 heteroatoms. The van der Waals surface area contributed by atoms with Gasteiger partial charge in [-0.3, -0.25) is 9.36 Å². The lowest BCUT2D eigenvalue weighted by atomic mass is 10.3. The molecular weight excluding hydrogens is 308 g/mol. The maximum atomic E-state index is 4.70. The van der Waals surface area contributed by atoms with Gasteiger partial charge in [0.25, 0.3) is 0 Å². The normalized spacial score (nSPS) is 14.3. The smallest absolute Gasteiger partial charge is 0.183 e. The van der Waals surface area contributed by atoms with Crippen molar-refractivity contribution in [3.05, 3.63) is 35.9 Å². The molecule has 0 radical (unpaired) electrons. The van der Waals surface area contributed by atoms with Crippen molar-refractivity contribution in [3.63, 3.8) is 0 Å². The molecule has 1 saturated carbocycles. The minimum Gasteiger partial charge on any atom is -0.357 e. The predicted octanol–water partition coefficient (Wildman–Crippen LogP) is 3.07. The molecule has 0 aliphatic heterocycles. The van der Waals surface area contributed by atoms with Gasteiger partial charge in [-0.2, -0.15) is 10.2 Å². The quantitative estimate of drug-likeness (QED) is 0.755. The SMILES string of the molecule is Cc1nc(NCc2cnn(C)c2)sc1-c1ccn(CC2CC2)n1. The molecule has 0 amide bonds. The second-order valence-corrected chi connectivity index (χ2v) is 7.17. The van der Waals surface area contributed by atoms with E-state index in [1.165, 1.54) is 12.8 Å². The van der Waals surface area contributed by atoms with Gasteiger partial charge in [0.2, 0.25) is 0 Å². The van der Waals surface area contributed by atoms with Crippen molar-refractivity contribution in [1.29, 1.82) is 0 Å². The Kier molecular flexibility index (Phi) is 3.65. The molecule has 1 aliphatic carbocycles. The topological polar surface area (TPSA) is 60.6 Å². The minimum absolute atomic E-state index is 0.732. The molecule has 0 bridgehead atoms. The molecule has 1 aliphatic rings. The molecular formula is C16H20N6S. The van der Waals surface area contributed by atoms with E-state index in [2.05, 4.69) is 32.3 Å². The van der Waals surface area contributed by atoms with E-state index in [9.17, 15) is 0 Å². The summed E-state index contributed by atoms with van der Waals surface area (Å²) in [5.41, 5.74) is 3.20. The van der Waals surface area contributed by atoms with Gasteiger partial charge in [-0.15, -0.1) is 0 Å². The fourth-order valence-corrected chi connectivity index (χ4v) is 3.53. The van der Waals surface area contributed by atoms with E-state index in [1.54, 1.807) is 11.3 Å². The van der Waals surface area contributed by atoms with Gasteiger partial charge in [-0.05, 0) is 31.7 Å². The number of aryl methyl sites for hydroxylation is 2. The molecule has 3 heterocycles. The first kappa shape index (κ1) is 14.4. The zero-order valence-corrected chi connectivity index (χ0v) is 14.2. The number of nitrogens with zero attached hydrogens (tertiary/aromatic N) is 5. The zero-order chi connectivity index (χ0) is 15.8. The van der Waals surface area contributed by atoms with Gasteiger partial charge in [0.05, 0.1) is 16.8 Å². The summed E-state index contributed by atoms with van der Waals surface area (Å²) in [6, 6.07) is 2.09. The fourth-order valence-electron chi connectivity index (χ4n) is 2.60. The van der Waals surface area contributed by atoms with Crippen LogP contribution in [-0.2, 0) is 20.1 Å². The number of hydrogen-bond donors (Lipinski definition) is 1. The lowest BCUT2D eigenvalue weighted by Gasteiger charge is -1.98. The average Bonchev–Trinajstić information content (AvgIpc) is 2.91. The summed E-state index contributed by atoms with van der Waals surface area (Å²) in [5.74, 6) is 0.835. The van der Waals surface area contributed by atoms with Crippen molar-refractivity contribution in [2.24, 2.45) is 13.0 Å². The van der Waals surface area contributed by atoms with E-state index in [0.717, 1.165) is 46.0 Å². The average molecular weight is 328 g/mol. The van der Waals surface area contributed by atoms with Crippen LogP contribution in [0.4, 0.5) is 5.13 Å². The second-order valence-electron chi connectivity index (χ2n) is 6.18. The number of anilines is 1. The first-order chi connectivity index (χ1) is 11.2. The molecule has 3 aromatic heterocycles. The summed E-state index contributed by atoms with van der Waals surface area (Å²) < 4.78 is 3.87. The second kappa shape index (κ2) is 5.81. The molecule has 0 spiro atoms. The van der Waals surface area contributed by atoms with E-state index in [1.807, 2.05) is 31.0 Å². The Morgan fingerprint density at radius 3 is 3.00 bits per heavy atom. The fraction of sp³-hybridized carbons (Fsp3) is 0.438. The van der Waals surface area contributed by atoms with E-state index in [0.29, 0.717) is 0 Å². The van der Waals surface area contributed by atoms with Crippen LogP contribution in [0.3, 0.4) is 0 Å². The predicted molar refractivity (Wildman–Crippen MR) is 91.3 cm³/mol. The molecule has 1 N–H and O–H groups in total. The summed E-state index contributed by atoms with van der Waals surface area (Å²) in [5, 5.41) is 13.2. The van der Waals surface area contributed by atoms with Crippen LogP contribution in [0.25, 0.3) is 10.6 Å². The Morgan fingerprint density at radius 1 is 1.39 bits per heavy atom. The number of hydrogen-bond acceptors (Lipinski definition) is 5. The van der Waals surface area contributed by atoms with Crippen molar-refractivity contribution in [2.45, 2.75) is 32.9 Å². The molecule has 4 rings (SSSR count). The summed E-state index contributed by atoms with van der Waals surface area (Å²) in [6.45, 7) is 3.82. The van der Waals surface area contributed by atoms with Crippen LogP contribution >= 0.6 is 11.3 Å². The summed E-state index contributed by atoms with van der Waals surface area (Å²) in [6.07, 6.45) is 8.64. The van der Waals surface area contributed by atoms with Crippen LogP contribution in [-0.4, -0.2) is 24.5 Å². The Labute approximate surface area is 139 Å². The third-order valence-electron chi connectivity index (χ3n) is 4.01. The third-order valence-corrected chi connectivity index (χ3v) is 5.15. The maximum absolute atomic E-state index is 4.70. The summed E-state index contributed by atoms with van der Waals surface area (Å²) in [4.78, 5) is 5.77. The third kappa shape index (κ3) is 3.29. The van der Waals surface area contributed by atoms with E-state index >= 15 is 0 Å². The molecule has 0 aromatic carbocycles. The number of aromatic nitrogens is 5. The van der Waals surface area contributed by atoms with Crippen molar-refractivity contribution < 1.29 is 0 Å². The van der Waals surface area contributed by atoms with Crippen LogP contribution in [0.2, 0.25) is 0 Å². The number of nitrogens with one attached hydrogen (secondary N) is 1. The number of thiazole rings is 1. The Bertz CT molecular complexity index is 810. The molecule has 23 heavy (non-hydrogen) atoms. The van der Waals surface area contributed by atoms with Gasteiger partial charge in [0, 0.05) is 38.1 Å². The van der Waals surface area contributed by atoms with Gasteiger partial charge in [-0.1, -0.05) is 11.3 Å². The van der Waals surface area contributed by atoms with Gasteiger partial charge >= 0.3 is 0 Å². The molecule has 6 nitrogen and oxygen atoms in total. The highest BCUT2D eigenvalue weighted by Crippen LogP contribution is 2.33. The Morgan fingerprint density at radius 2 is 2.26 bits per heavy atom. The monoisotopic (exact) mass is 328 g/mol. The van der Waals surface area contributed by atoms with Crippen LogP contribution in [0.15, 0.2) is 24.7 Å². The molecule has 0 unspecified atom stereocenters. The molecule has 1 fully saturated rings. The molecule has 3 aromatic rings. The zero-order valence-electron chi connectivity index (χ0n) is 13.4. The van der Waals surface area contributed by atoms with Crippen LogP contribution in [0, 0.1) is 12.8 Å². The lowest BCUT2D eigenvalue weighted by molar-refractivity contribution is 0.565. The Balaban J connectivity index is 1.46. The van der Waals surface area contributed by atoms with E-state index in [-0.39, 0.29) is 0 Å². The molecule has 0 saturated heterocycles.